The van der Waals surface area contributed by atoms with Crippen molar-refractivity contribution >= 4 is 5.69 Å². The Morgan fingerprint density at radius 1 is 0.833 bits per heavy atom. The molecule has 0 unspecified atom stereocenters. The number of benzene rings is 2. The number of nitrogens with one attached hydrogen (secondary N) is 1. The highest BCUT2D eigenvalue weighted by atomic mass is 14.9. The molecule has 2 aromatic carbocycles. The third kappa shape index (κ3) is 2.73. The zero-order valence-corrected chi connectivity index (χ0v) is 11.7. The predicted octanol–water partition coefficient (Wildman–Crippen LogP) is 4.53. The Kier molecular flexibility index (Phi) is 3.71. The molecule has 0 fully saturated rings. The van der Waals surface area contributed by atoms with Crippen LogP contribution in [0.2, 0.25) is 0 Å². The quantitative estimate of drug-likeness (QED) is 0.829. The minimum atomic E-state index is 0.892. The van der Waals surface area contributed by atoms with Crippen LogP contribution in [0.5, 0.6) is 0 Å². The zero-order valence-electron chi connectivity index (χ0n) is 11.7. The van der Waals surface area contributed by atoms with Crippen LogP contribution in [-0.2, 0) is 6.54 Å². The second kappa shape index (κ2) is 5.26. The Labute approximate surface area is 110 Å². The third-order valence-corrected chi connectivity index (χ3v) is 3.49. The molecule has 94 valence electrons. The topological polar surface area (TPSA) is 12.0 Å². The van der Waals surface area contributed by atoms with Crippen LogP contribution in [0.1, 0.15) is 27.8 Å². The van der Waals surface area contributed by atoms with Crippen LogP contribution >= 0.6 is 0 Å². The van der Waals surface area contributed by atoms with Crippen molar-refractivity contribution < 1.29 is 0 Å². The molecule has 0 heterocycles. The van der Waals surface area contributed by atoms with Gasteiger partial charge in [0.25, 0.3) is 0 Å². The molecule has 0 saturated heterocycles. The van der Waals surface area contributed by atoms with Crippen molar-refractivity contribution in [1.29, 1.82) is 0 Å². The summed E-state index contributed by atoms with van der Waals surface area (Å²) in [6.07, 6.45) is 0. The Morgan fingerprint density at radius 2 is 1.50 bits per heavy atom. The van der Waals surface area contributed by atoms with Gasteiger partial charge in [-0.15, -0.1) is 0 Å². The molecule has 1 heteroatoms. The minimum Gasteiger partial charge on any atom is -0.381 e. The Morgan fingerprint density at radius 3 is 2.17 bits per heavy atom. The number of hydrogen-bond acceptors (Lipinski definition) is 1. The summed E-state index contributed by atoms with van der Waals surface area (Å²) in [5.41, 5.74) is 7.94. The number of rotatable bonds is 3. The van der Waals surface area contributed by atoms with E-state index < -0.39 is 0 Å². The molecule has 2 aromatic rings. The highest BCUT2D eigenvalue weighted by Gasteiger charge is 2.03. The molecular formula is C17H21N. The first-order valence-corrected chi connectivity index (χ1v) is 6.44. The fraction of sp³-hybridized carbons (Fsp3) is 0.294. The van der Waals surface area contributed by atoms with Gasteiger partial charge in [0.2, 0.25) is 0 Å². The van der Waals surface area contributed by atoms with E-state index >= 15 is 0 Å². The van der Waals surface area contributed by atoms with Gasteiger partial charge in [0.15, 0.2) is 0 Å². The third-order valence-electron chi connectivity index (χ3n) is 3.49. The minimum absolute atomic E-state index is 0.892. The van der Waals surface area contributed by atoms with Gasteiger partial charge in [0.1, 0.15) is 0 Å². The maximum atomic E-state index is 3.55. The number of anilines is 1. The van der Waals surface area contributed by atoms with Gasteiger partial charge in [-0.25, -0.2) is 0 Å². The van der Waals surface area contributed by atoms with E-state index in [4.69, 9.17) is 0 Å². The summed E-state index contributed by atoms with van der Waals surface area (Å²) in [6.45, 7) is 9.51. The molecule has 0 saturated carbocycles. The van der Waals surface area contributed by atoms with Crippen LogP contribution in [0.4, 0.5) is 5.69 Å². The van der Waals surface area contributed by atoms with Crippen LogP contribution in [0, 0.1) is 27.7 Å². The lowest BCUT2D eigenvalue weighted by atomic mass is 10.0. The van der Waals surface area contributed by atoms with Crippen molar-refractivity contribution in [3.05, 3.63) is 64.2 Å². The van der Waals surface area contributed by atoms with Gasteiger partial charge < -0.3 is 5.32 Å². The average Bonchev–Trinajstić information content (AvgIpc) is 2.33. The number of aryl methyl sites for hydroxylation is 4. The first-order valence-electron chi connectivity index (χ1n) is 6.44. The van der Waals surface area contributed by atoms with E-state index in [-0.39, 0.29) is 0 Å². The van der Waals surface area contributed by atoms with Crippen molar-refractivity contribution in [2.75, 3.05) is 5.32 Å². The SMILES string of the molecule is Cc1ccc(C)c(NCc2c(C)cccc2C)c1. The van der Waals surface area contributed by atoms with Crippen LogP contribution in [0.25, 0.3) is 0 Å². The molecule has 0 amide bonds. The van der Waals surface area contributed by atoms with Gasteiger partial charge in [-0.2, -0.15) is 0 Å². The van der Waals surface area contributed by atoms with E-state index in [1.807, 2.05) is 0 Å². The highest BCUT2D eigenvalue weighted by Crippen LogP contribution is 2.19. The summed E-state index contributed by atoms with van der Waals surface area (Å²) in [5, 5.41) is 3.55. The summed E-state index contributed by atoms with van der Waals surface area (Å²) in [7, 11) is 0. The van der Waals surface area contributed by atoms with Gasteiger partial charge in [0.05, 0.1) is 0 Å². The van der Waals surface area contributed by atoms with E-state index in [1.165, 1.54) is 33.5 Å². The van der Waals surface area contributed by atoms with E-state index in [1.54, 1.807) is 0 Å². The standard InChI is InChI=1S/C17H21N/c1-12-8-9-15(4)17(10-12)18-11-16-13(2)6-5-7-14(16)3/h5-10,18H,11H2,1-4H3. The second-order valence-electron chi connectivity index (χ2n) is 5.04. The molecule has 0 atom stereocenters. The van der Waals surface area contributed by atoms with Crippen LogP contribution in [-0.4, -0.2) is 0 Å². The number of hydrogen-bond donors (Lipinski definition) is 1. The fourth-order valence-corrected chi connectivity index (χ4v) is 2.24. The fourth-order valence-electron chi connectivity index (χ4n) is 2.24. The molecule has 2 rings (SSSR count). The molecule has 1 N–H and O–H groups in total. The van der Waals surface area contributed by atoms with Gasteiger partial charge in [0, 0.05) is 12.2 Å². The molecular weight excluding hydrogens is 218 g/mol. The monoisotopic (exact) mass is 239 g/mol. The van der Waals surface area contributed by atoms with E-state index in [0.717, 1.165) is 6.54 Å². The van der Waals surface area contributed by atoms with Crippen molar-refractivity contribution in [3.8, 4) is 0 Å². The lowest BCUT2D eigenvalue weighted by Crippen LogP contribution is -2.04. The summed E-state index contributed by atoms with van der Waals surface area (Å²) >= 11 is 0. The van der Waals surface area contributed by atoms with Gasteiger partial charge >= 0.3 is 0 Å². The van der Waals surface area contributed by atoms with Crippen molar-refractivity contribution in [2.45, 2.75) is 34.2 Å². The maximum absolute atomic E-state index is 3.55. The molecule has 0 aromatic heterocycles. The van der Waals surface area contributed by atoms with Crippen LogP contribution in [0.15, 0.2) is 36.4 Å². The first-order chi connectivity index (χ1) is 8.58. The average molecular weight is 239 g/mol. The first kappa shape index (κ1) is 12.7. The largest absolute Gasteiger partial charge is 0.381 e. The molecule has 1 nitrogen and oxygen atoms in total. The Hall–Kier alpha value is -1.76. The van der Waals surface area contributed by atoms with Crippen molar-refractivity contribution in [1.82, 2.24) is 0 Å². The van der Waals surface area contributed by atoms with E-state index in [0.29, 0.717) is 0 Å². The van der Waals surface area contributed by atoms with Crippen molar-refractivity contribution in [3.63, 3.8) is 0 Å². The lowest BCUT2D eigenvalue weighted by Gasteiger charge is -2.14. The van der Waals surface area contributed by atoms with E-state index in [9.17, 15) is 0 Å². The maximum Gasteiger partial charge on any atom is 0.0406 e. The molecule has 0 bridgehead atoms. The Balaban J connectivity index is 2.19. The Bertz CT molecular complexity index is 535. The van der Waals surface area contributed by atoms with Gasteiger partial charge in [-0.1, -0.05) is 30.3 Å². The normalized spacial score (nSPS) is 10.4. The summed E-state index contributed by atoms with van der Waals surface area (Å²) < 4.78 is 0. The second-order valence-corrected chi connectivity index (χ2v) is 5.04. The zero-order chi connectivity index (χ0) is 13.1. The molecule has 0 aliphatic rings. The summed E-state index contributed by atoms with van der Waals surface area (Å²) in [5.74, 6) is 0. The highest BCUT2D eigenvalue weighted by molar-refractivity contribution is 5.53. The summed E-state index contributed by atoms with van der Waals surface area (Å²) in [4.78, 5) is 0. The van der Waals surface area contributed by atoms with Gasteiger partial charge in [-0.05, 0) is 61.6 Å². The summed E-state index contributed by atoms with van der Waals surface area (Å²) in [6, 6.07) is 13.0. The smallest absolute Gasteiger partial charge is 0.0406 e. The van der Waals surface area contributed by atoms with Crippen LogP contribution in [0.3, 0.4) is 0 Å². The predicted molar refractivity (Wildman–Crippen MR) is 79.2 cm³/mol. The van der Waals surface area contributed by atoms with Crippen LogP contribution < -0.4 is 5.32 Å². The van der Waals surface area contributed by atoms with E-state index in [2.05, 4.69) is 69.4 Å². The van der Waals surface area contributed by atoms with Crippen molar-refractivity contribution in [2.24, 2.45) is 0 Å². The molecule has 18 heavy (non-hydrogen) atoms. The van der Waals surface area contributed by atoms with Gasteiger partial charge in [-0.3, -0.25) is 0 Å². The molecule has 0 spiro atoms. The molecule has 0 radical (unpaired) electrons. The molecule has 0 aliphatic heterocycles. The lowest BCUT2D eigenvalue weighted by molar-refractivity contribution is 1.08. The molecule has 0 aliphatic carbocycles.